The van der Waals surface area contributed by atoms with Crippen molar-refractivity contribution in [1.82, 2.24) is 4.90 Å². The normalized spacial score (nSPS) is 19.6. The van der Waals surface area contributed by atoms with E-state index >= 15 is 0 Å². The Morgan fingerprint density at radius 2 is 1.62 bits per heavy atom. The van der Waals surface area contributed by atoms with Gasteiger partial charge in [0.2, 0.25) is 0 Å². The minimum Gasteiger partial charge on any atom is -0.478 e. The summed E-state index contributed by atoms with van der Waals surface area (Å²) in [5.74, 6) is -1.43. The summed E-state index contributed by atoms with van der Waals surface area (Å²) in [7, 11) is -4.00. The fourth-order valence-electron chi connectivity index (χ4n) is 3.25. The number of carbonyl (C=O) groups is 2. The number of carboxylic acid groups (broad SMARTS) is 1. The van der Waals surface area contributed by atoms with Crippen LogP contribution in [0.5, 0.6) is 0 Å². The number of rotatable bonds is 5. The van der Waals surface area contributed by atoms with Crippen LogP contribution in [-0.4, -0.2) is 55.6 Å². The Hall–Kier alpha value is -2.91. The summed E-state index contributed by atoms with van der Waals surface area (Å²) in [4.78, 5) is 25.5. The van der Waals surface area contributed by atoms with E-state index in [1.165, 1.54) is 30.3 Å². The van der Waals surface area contributed by atoms with Crippen LogP contribution in [-0.2, 0) is 14.8 Å². The number of nitrogens with one attached hydrogen (secondary N) is 1. The number of carboxylic acids is 1. The van der Waals surface area contributed by atoms with E-state index in [1.807, 2.05) is 13.8 Å². The van der Waals surface area contributed by atoms with E-state index < -0.39 is 16.0 Å². The predicted octanol–water partition coefficient (Wildman–Crippen LogP) is 2.44. The molecule has 29 heavy (non-hydrogen) atoms. The van der Waals surface area contributed by atoms with Crippen LogP contribution in [0.4, 0.5) is 5.69 Å². The number of hydrogen-bond donors (Lipinski definition) is 2. The van der Waals surface area contributed by atoms with E-state index in [2.05, 4.69) is 4.72 Å². The second kappa shape index (κ2) is 8.22. The van der Waals surface area contributed by atoms with Crippen LogP contribution in [0.1, 0.15) is 34.6 Å². The molecule has 2 unspecified atom stereocenters. The molecule has 1 aliphatic heterocycles. The maximum Gasteiger partial charge on any atom is 0.335 e. The van der Waals surface area contributed by atoms with Crippen molar-refractivity contribution < 1.29 is 27.9 Å². The molecule has 2 N–H and O–H groups in total. The highest BCUT2D eigenvalue weighted by molar-refractivity contribution is 7.92. The minimum atomic E-state index is -4.00. The third kappa shape index (κ3) is 4.75. The van der Waals surface area contributed by atoms with E-state index in [-0.39, 0.29) is 39.8 Å². The zero-order chi connectivity index (χ0) is 21.2. The lowest BCUT2D eigenvalue weighted by Gasteiger charge is -2.35. The summed E-state index contributed by atoms with van der Waals surface area (Å²) < 4.78 is 33.6. The number of amides is 1. The van der Waals surface area contributed by atoms with E-state index in [4.69, 9.17) is 9.84 Å². The van der Waals surface area contributed by atoms with Crippen molar-refractivity contribution in [3.05, 3.63) is 59.7 Å². The molecule has 0 bridgehead atoms. The lowest BCUT2D eigenvalue weighted by atomic mass is 10.1. The van der Waals surface area contributed by atoms with Crippen molar-refractivity contribution in [1.29, 1.82) is 0 Å². The number of nitrogens with zero attached hydrogens (tertiary/aromatic N) is 1. The monoisotopic (exact) mass is 418 g/mol. The molecule has 1 amide bonds. The molecule has 1 heterocycles. The van der Waals surface area contributed by atoms with Gasteiger partial charge in [-0.3, -0.25) is 9.52 Å². The van der Waals surface area contributed by atoms with Gasteiger partial charge < -0.3 is 14.7 Å². The van der Waals surface area contributed by atoms with E-state index in [1.54, 1.807) is 23.1 Å². The van der Waals surface area contributed by atoms with Gasteiger partial charge in [-0.05, 0) is 50.2 Å². The van der Waals surface area contributed by atoms with Gasteiger partial charge in [0.15, 0.2) is 0 Å². The Morgan fingerprint density at radius 1 is 1.03 bits per heavy atom. The lowest BCUT2D eigenvalue weighted by Crippen LogP contribution is -2.48. The second-order valence-electron chi connectivity index (χ2n) is 6.95. The summed E-state index contributed by atoms with van der Waals surface area (Å²) in [6, 6.07) is 11.2. The van der Waals surface area contributed by atoms with E-state index in [9.17, 15) is 18.0 Å². The fourth-order valence-corrected chi connectivity index (χ4v) is 4.33. The zero-order valence-electron chi connectivity index (χ0n) is 16.0. The van der Waals surface area contributed by atoms with Crippen LogP contribution in [0.3, 0.4) is 0 Å². The molecule has 1 saturated heterocycles. The number of benzene rings is 2. The number of anilines is 1. The molecular weight excluding hydrogens is 396 g/mol. The molecule has 0 aliphatic carbocycles. The van der Waals surface area contributed by atoms with Gasteiger partial charge in [0, 0.05) is 13.1 Å². The van der Waals surface area contributed by atoms with Crippen LogP contribution >= 0.6 is 0 Å². The van der Waals surface area contributed by atoms with Crippen LogP contribution < -0.4 is 4.72 Å². The van der Waals surface area contributed by atoms with Crippen molar-refractivity contribution in [3.8, 4) is 0 Å². The molecule has 1 fully saturated rings. The number of ether oxygens (including phenoxy) is 1. The van der Waals surface area contributed by atoms with Crippen LogP contribution in [0.2, 0.25) is 0 Å². The lowest BCUT2D eigenvalue weighted by molar-refractivity contribution is -0.0585. The number of hydrogen-bond acceptors (Lipinski definition) is 5. The quantitative estimate of drug-likeness (QED) is 0.771. The number of aromatic carboxylic acids is 1. The first-order valence-electron chi connectivity index (χ1n) is 9.07. The van der Waals surface area contributed by atoms with Gasteiger partial charge in [-0.15, -0.1) is 0 Å². The van der Waals surface area contributed by atoms with Gasteiger partial charge in [0.05, 0.1) is 33.9 Å². The highest BCUT2D eigenvalue weighted by Crippen LogP contribution is 2.23. The van der Waals surface area contributed by atoms with Gasteiger partial charge in [-0.2, -0.15) is 0 Å². The van der Waals surface area contributed by atoms with Crippen LogP contribution in [0, 0.1) is 0 Å². The van der Waals surface area contributed by atoms with Crippen molar-refractivity contribution in [2.24, 2.45) is 0 Å². The molecule has 3 rings (SSSR count). The summed E-state index contributed by atoms with van der Waals surface area (Å²) in [6.45, 7) is 4.60. The first-order chi connectivity index (χ1) is 13.7. The summed E-state index contributed by atoms with van der Waals surface area (Å²) in [5.41, 5.74) is 0.376. The molecule has 0 spiro atoms. The SMILES string of the molecule is CC1CN(C(=O)c2ccccc2NS(=O)(=O)c2ccc(C(=O)O)cc2)CC(C)O1. The second-order valence-corrected chi connectivity index (χ2v) is 8.63. The average molecular weight is 418 g/mol. The molecule has 2 aromatic rings. The molecule has 9 heteroatoms. The van der Waals surface area contributed by atoms with Gasteiger partial charge in [0.1, 0.15) is 0 Å². The largest absolute Gasteiger partial charge is 0.478 e. The molecule has 0 aromatic heterocycles. The number of morpholine rings is 1. The first-order valence-corrected chi connectivity index (χ1v) is 10.6. The highest BCUT2D eigenvalue weighted by atomic mass is 32.2. The minimum absolute atomic E-state index is 0.0184. The molecule has 0 saturated carbocycles. The predicted molar refractivity (Wildman–Crippen MR) is 107 cm³/mol. The van der Waals surface area contributed by atoms with Crippen molar-refractivity contribution in [2.45, 2.75) is 31.0 Å². The van der Waals surface area contributed by atoms with Gasteiger partial charge in [-0.25, -0.2) is 13.2 Å². The van der Waals surface area contributed by atoms with Crippen molar-refractivity contribution in [2.75, 3.05) is 17.8 Å². The Kier molecular flexibility index (Phi) is 5.90. The highest BCUT2D eigenvalue weighted by Gasteiger charge is 2.28. The molecule has 0 radical (unpaired) electrons. The van der Waals surface area contributed by atoms with Crippen LogP contribution in [0.25, 0.3) is 0 Å². The molecule has 8 nitrogen and oxygen atoms in total. The first kappa shape index (κ1) is 20.8. The van der Waals surface area contributed by atoms with Gasteiger partial charge in [0.25, 0.3) is 15.9 Å². The van der Waals surface area contributed by atoms with E-state index in [0.29, 0.717) is 13.1 Å². The third-order valence-corrected chi connectivity index (χ3v) is 5.90. The Bertz CT molecular complexity index is 1010. The van der Waals surface area contributed by atoms with Crippen LogP contribution in [0.15, 0.2) is 53.4 Å². The number of para-hydroxylation sites is 1. The zero-order valence-corrected chi connectivity index (χ0v) is 16.8. The molecular formula is C20H22N2O6S. The van der Waals surface area contributed by atoms with E-state index in [0.717, 1.165) is 0 Å². The average Bonchev–Trinajstić information content (AvgIpc) is 2.67. The summed E-state index contributed by atoms with van der Waals surface area (Å²) in [5, 5.41) is 8.96. The van der Waals surface area contributed by atoms with Crippen molar-refractivity contribution >= 4 is 27.6 Å². The Labute approximate surface area is 169 Å². The smallest absolute Gasteiger partial charge is 0.335 e. The molecule has 2 aromatic carbocycles. The fraction of sp³-hybridized carbons (Fsp3) is 0.300. The maximum absolute atomic E-state index is 13.0. The topological polar surface area (TPSA) is 113 Å². The molecule has 2 atom stereocenters. The third-order valence-electron chi connectivity index (χ3n) is 4.52. The standard InChI is InChI=1S/C20H22N2O6S/c1-13-11-22(12-14(2)28-13)19(23)17-5-3-4-6-18(17)21-29(26,27)16-9-7-15(8-10-16)20(24)25/h3-10,13-14,21H,11-12H2,1-2H3,(H,24,25). The summed E-state index contributed by atoms with van der Waals surface area (Å²) >= 11 is 0. The number of carbonyl (C=O) groups excluding carboxylic acids is 1. The molecule has 154 valence electrons. The van der Waals surface area contributed by atoms with Gasteiger partial charge >= 0.3 is 5.97 Å². The Morgan fingerprint density at radius 3 is 2.21 bits per heavy atom. The van der Waals surface area contributed by atoms with Gasteiger partial charge in [-0.1, -0.05) is 12.1 Å². The van der Waals surface area contributed by atoms with Crippen molar-refractivity contribution in [3.63, 3.8) is 0 Å². The Balaban J connectivity index is 1.86. The molecule has 1 aliphatic rings. The number of sulfonamides is 1. The summed E-state index contributed by atoms with van der Waals surface area (Å²) in [6.07, 6.45) is -0.224. The maximum atomic E-state index is 13.0.